The molecule has 0 radical (unpaired) electrons. The van der Waals surface area contributed by atoms with E-state index in [1.807, 2.05) is 18.2 Å². The van der Waals surface area contributed by atoms with Gasteiger partial charge in [0.05, 0.1) is 6.10 Å². The Morgan fingerprint density at radius 2 is 1.68 bits per heavy atom. The summed E-state index contributed by atoms with van der Waals surface area (Å²) in [6.45, 7) is 4.50. The number of hydrogen-bond acceptors (Lipinski definition) is 2. The van der Waals surface area contributed by atoms with Gasteiger partial charge >= 0.3 is 0 Å². The van der Waals surface area contributed by atoms with Crippen molar-refractivity contribution in [3.8, 4) is 0 Å². The molecule has 2 heteroatoms. The Bertz CT molecular complexity index is 319. The van der Waals surface area contributed by atoms with Crippen LogP contribution in [0.4, 0.5) is 0 Å². The van der Waals surface area contributed by atoms with E-state index < -0.39 is 0 Å². The van der Waals surface area contributed by atoms with Crippen LogP contribution in [0, 0.1) is 5.92 Å². The van der Waals surface area contributed by atoms with Gasteiger partial charge in [0.2, 0.25) is 0 Å². The summed E-state index contributed by atoms with van der Waals surface area (Å²) in [5.41, 5.74) is 1.21. The first-order valence-electron chi connectivity index (χ1n) is 7.52. The smallest absolute Gasteiger partial charge is 0.0606 e. The van der Waals surface area contributed by atoms with Crippen molar-refractivity contribution in [1.29, 1.82) is 0 Å². The fraction of sp³-hybridized carbons (Fsp3) is 0.647. The van der Waals surface area contributed by atoms with Gasteiger partial charge in [-0.15, -0.1) is 0 Å². The molecule has 3 unspecified atom stereocenters. The second kappa shape index (κ2) is 9.11. The highest BCUT2D eigenvalue weighted by Crippen LogP contribution is 2.23. The van der Waals surface area contributed by atoms with Gasteiger partial charge in [0.25, 0.3) is 0 Å². The van der Waals surface area contributed by atoms with Crippen molar-refractivity contribution in [1.82, 2.24) is 0 Å². The molecule has 3 atom stereocenters. The van der Waals surface area contributed by atoms with Gasteiger partial charge in [-0.2, -0.15) is 0 Å². The maximum absolute atomic E-state index is 10.2. The lowest BCUT2D eigenvalue weighted by molar-refractivity contribution is 0.134. The third kappa shape index (κ3) is 5.75. The summed E-state index contributed by atoms with van der Waals surface area (Å²) in [7, 11) is 0. The zero-order valence-electron chi connectivity index (χ0n) is 12.3. The minimum atomic E-state index is -0.267. The minimum absolute atomic E-state index is 0.195. The molecule has 0 amide bonds. The molecule has 0 aliphatic carbocycles. The number of unbranched alkanes of at least 4 members (excludes halogenated alkanes) is 1. The number of hydrogen-bond donors (Lipinski definition) is 2. The molecule has 0 saturated heterocycles. The molecule has 0 bridgehead atoms. The Hall–Kier alpha value is -0.860. The van der Waals surface area contributed by atoms with Crippen LogP contribution in [0.25, 0.3) is 0 Å². The van der Waals surface area contributed by atoms with Crippen LogP contribution in [-0.2, 0) is 0 Å². The largest absolute Gasteiger partial charge is 0.396 e. The van der Waals surface area contributed by atoms with Crippen molar-refractivity contribution in [2.24, 2.45) is 5.92 Å². The van der Waals surface area contributed by atoms with E-state index in [0.717, 1.165) is 32.1 Å². The average molecular weight is 264 g/mol. The molecule has 19 heavy (non-hydrogen) atoms. The van der Waals surface area contributed by atoms with Crippen LogP contribution in [-0.4, -0.2) is 22.9 Å². The molecule has 0 fully saturated rings. The minimum Gasteiger partial charge on any atom is -0.396 e. The summed E-state index contributed by atoms with van der Waals surface area (Å²) in [4.78, 5) is 0. The summed E-state index contributed by atoms with van der Waals surface area (Å²) < 4.78 is 0. The second-order valence-corrected chi connectivity index (χ2v) is 5.51. The highest BCUT2D eigenvalue weighted by molar-refractivity contribution is 5.19. The molecule has 0 aliphatic heterocycles. The Balaban J connectivity index is 2.26. The molecule has 108 valence electrons. The third-order valence-electron chi connectivity index (χ3n) is 4.10. The van der Waals surface area contributed by atoms with Gasteiger partial charge in [-0.1, -0.05) is 63.4 Å². The molecule has 0 aromatic heterocycles. The number of benzene rings is 1. The van der Waals surface area contributed by atoms with Gasteiger partial charge in [0, 0.05) is 12.5 Å². The Morgan fingerprint density at radius 3 is 2.26 bits per heavy atom. The van der Waals surface area contributed by atoms with Gasteiger partial charge in [-0.3, -0.25) is 0 Å². The van der Waals surface area contributed by atoms with E-state index in [2.05, 4.69) is 26.0 Å². The van der Waals surface area contributed by atoms with Gasteiger partial charge in [-0.25, -0.2) is 0 Å². The lowest BCUT2D eigenvalue weighted by Crippen LogP contribution is -2.16. The first kappa shape index (κ1) is 16.2. The van der Waals surface area contributed by atoms with Crippen molar-refractivity contribution < 1.29 is 10.2 Å². The summed E-state index contributed by atoms with van der Waals surface area (Å²) in [5.74, 6) is 0.629. The topological polar surface area (TPSA) is 40.5 Å². The Morgan fingerprint density at radius 1 is 1.05 bits per heavy atom. The van der Waals surface area contributed by atoms with Crippen molar-refractivity contribution in [3.63, 3.8) is 0 Å². The van der Waals surface area contributed by atoms with Gasteiger partial charge < -0.3 is 10.2 Å². The van der Waals surface area contributed by atoms with Crippen LogP contribution >= 0.6 is 0 Å². The summed E-state index contributed by atoms with van der Waals surface area (Å²) in [5, 5.41) is 19.3. The summed E-state index contributed by atoms with van der Waals surface area (Å²) in [6, 6.07) is 10.2. The van der Waals surface area contributed by atoms with Crippen molar-refractivity contribution in [2.45, 2.75) is 58.0 Å². The molecule has 0 spiro atoms. The van der Waals surface area contributed by atoms with Gasteiger partial charge in [0.1, 0.15) is 0 Å². The standard InChI is InChI=1S/C17H28O2/c1-3-15(13-18)9-7-8-12-17(19)14(2)16-10-5-4-6-11-16/h4-6,10-11,14-15,17-19H,3,7-9,12-13H2,1-2H3. The van der Waals surface area contributed by atoms with Gasteiger partial charge in [-0.05, 0) is 24.3 Å². The van der Waals surface area contributed by atoms with E-state index in [-0.39, 0.29) is 12.0 Å². The summed E-state index contributed by atoms with van der Waals surface area (Å²) in [6.07, 6.45) is 4.82. The van der Waals surface area contributed by atoms with Gasteiger partial charge in [0.15, 0.2) is 0 Å². The van der Waals surface area contributed by atoms with E-state index in [1.165, 1.54) is 5.56 Å². The van der Waals surface area contributed by atoms with Crippen molar-refractivity contribution in [3.05, 3.63) is 35.9 Å². The molecule has 1 aromatic rings. The first-order chi connectivity index (χ1) is 9.19. The van der Waals surface area contributed by atoms with Crippen LogP contribution in [0.5, 0.6) is 0 Å². The predicted molar refractivity (Wildman–Crippen MR) is 80.2 cm³/mol. The Kier molecular flexibility index (Phi) is 7.76. The monoisotopic (exact) mass is 264 g/mol. The van der Waals surface area contributed by atoms with Crippen molar-refractivity contribution >= 4 is 0 Å². The van der Waals surface area contributed by atoms with E-state index in [0.29, 0.717) is 12.5 Å². The lowest BCUT2D eigenvalue weighted by atomic mass is 9.91. The molecule has 1 aromatic carbocycles. The van der Waals surface area contributed by atoms with E-state index >= 15 is 0 Å². The molecule has 2 N–H and O–H groups in total. The second-order valence-electron chi connectivity index (χ2n) is 5.51. The maximum atomic E-state index is 10.2. The van der Waals surface area contributed by atoms with Crippen LogP contribution in [0.3, 0.4) is 0 Å². The van der Waals surface area contributed by atoms with E-state index in [4.69, 9.17) is 5.11 Å². The molecule has 0 aliphatic rings. The normalized spacial score (nSPS) is 16.0. The fourth-order valence-electron chi connectivity index (χ4n) is 2.44. The zero-order chi connectivity index (χ0) is 14.1. The number of rotatable bonds is 9. The quantitative estimate of drug-likeness (QED) is 0.667. The Labute approximate surface area is 117 Å². The van der Waals surface area contributed by atoms with E-state index in [9.17, 15) is 5.11 Å². The van der Waals surface area contributed by atoms with Crippen LogP contribution < -0.4 is 0 Å². The maximum Gasteiger partial charge on any atom is 0.0606 e. The van der Waals surface area contributed by atoms with Crippen LogP contribution in [0.2, 0.25) is 0 Å². The molecular weight excluding hydrogens is 236 g/mol. The first-order valence-corrected chi connectivity index (χ1v) is 7.52. The number of aliphatic hydroxyl groups is 2. The average Bonchev–Trinajstić information content (AvgIpc) is 2.47. The van der Waals surface area contributed by atoms with E-state index in [1.54, 1.807) is 0 Å². The summed E-state index contributed by atoms with van der Waals surface area (Å²) >= 11 is 0. The van der Waals surface area contributed by atoms with Crippen LogP contribution in [0.15, 0.2) is 30.3 Å². The molecule has 1 rings (SSSR count). The highest BCUT2D eigenvalue weighted by Gasteiger charge is 2.15. The fourth-order valence-corrected chi connectivity index (χ4v) is 2.44. The van der Waals surface area contributed by atoms with Crippen LogP contribution in [0.1, 0.15) is 57.4 Å². The molecule has 0 heterocycles. The van der Waals surface area contributed by atoms with Crippen molar-refractivity contribution in [2.75, 3.05) is 6.61 Å². The predicted octanol–water partition coefficient (Wildman–Crippen LogP) is 3.73. The highest BCUT2D eigenvalue weighted by atomic mass is 16.3. The lowest BCUT2D eigenvalue weighted by Gasteiger charge is -2.19. The SMILES string of the molecule is CCC(CO)CCCCC(O)C(C)c1ccccc1. The molecule has 0 saturated carbocycles. The molecule has 2 nitrogen and oxygen atoms in total. The number of aliphatic hydroxyl groups excluding tert-OH is 2. The zero-order valence-corrected chi connectivity index (χ0v) is 12.3. The molecular formula is C17H28O2. The third-order valence-corrected chi connectivity index (χ3v) is 4.10.